The number of pyridine rings is 1. The summed E-state index contributed by atoms with van der Waals surface area (Å²) in [6, 6.07) is 8.88. The molecule has 1 fully saturated rings. The predicted molar refractivity (Wildman–Crippen MR) is 97.8 cm³/mol. The van der Waals surface area contributed by atoms with E-state index in [9.17, 15) is 4.79 Å². The molecule has 0 unspecified atom stereocenters. The summed E-state index contributed by atoms with van der Waals surface area (Å²) in [5.74, 6) is 2.31. The van der Waals surface area contributed by atoms with E-state index in [1.807, 2.05) is 19.1 Å². The Labute approximate surface area is 153 Å². The van der Waals surface area contributed by atoms with Gasteiger partial charge in [0.15, 0.2) is 11.5 Å². The van der Waals surface area contributed by atoms with Crippen LogP contribution in [0.15, 0.2) is 36.5 Å². The van der Waals surface area contributed by atoms with Crippen LogP contribution in [-0.2, 0) is 6.54 Å². The molecule has 1 N–H and O–H groups in total. The molecule has 0 saturated heterocycles. The highest BCUT2D eigenvalue weighted by Crippen LogP contribution is 2.29. The molecule has 1 aromatic carbocycles. The van der Waals surface area contributed by atoms with E-state index in [1.165, 1.54) is 12.8 Å². The van der Waals surface area contributed by atoms with Crippen molar-refractivity contribution in [3.8, 4) is 17.4 Å². The van der Waals surface area contributed by atoms with Gasteiger partial charge in [-0.2, -0.15) is 0 Å². The second kappa shape index (κ2) is 8.56. The minimum Gasteiger partial charge on any atom is -0.493 e. The van der Waals surface area contributed by atoms with Crippen LogP contribution in [0.5, 0.6) is 17.4 Å². The van der Waals surface area contributed by atoms with Crippen molar-refractivity contribution in [2.75, 3.05) is 20.3 Å². The number of hydrogen-bond donors (Lipinski definition) is 1. The fourth-order valence-corrected chi connectivity index (χ4v) is 2.46. The zero-order valence-electron chi connectivity index (χ0n) is 15.2. The Morgan fingerprint density at radius 1 is 1.19 bits per heavy atom. The fourth-order valence-electron chi connectivity index (χ4n) is 2.46. The number of rotatable bonds is 9. The third kappa shape index (κ3) is 4.88. The van der Waals surface area contributed by atoms with Gasteiger partial charge in [0.1, 0.15) is 0 Å². The predicted octanol–water partition coefficient (Wildman–Crippen LogP) is 3.21. The molecule has 3 rings (SSSR count). The molecular weight excluding hydrogens is 332 g/mol. The summed E-state index contributed by atoms with van der Waals surface area (Å²) >= 11 is 0. The lowest BCUT2D eigenvalue weighted by molar-refractivity contribution is 0.0950. The van der Waals surface area contributed by atoms with E-state index in [0.29, 0.717) is 42.0 Å². The molecule has 1 saturated carbocycles. The van der Waals surface area contributed by atoms with Crippen molar-refractivity contribution in [2.45, 2.75) is 26.3 Å². The molecule has 6 nitrogen and oxygen atoms in total. The molecule has 1 aliphatic carbocycles. The summed E-state index contributed by atoms with van der Waals surface area (Å²) in [7, 11) is 1.55. The summed E-state index contributed by atoms with van der Waals surface area (Å²) in [4.78, 5) is 16.6. The Kier molecular flexibility index (Phi) is 5.94. The van der Waals surface area contributed by atoms with Gasteiger partial charge in [-0.25, -0.2) is 4.98 Å². The molecule has 1 heterocycles. The zero-order valence-corrected chi connectivity index (χ0v) is 15.2. The minimum atomic E-state index is -0.180. The van der Waals surface area contributed by atoms with Crippen molar-refractivity contribution in [3.63, 3.8) is 0 Å². The maximum Gasteiger partial charge on any atom is 0.251 e. The molecule has 0 radical (unpaired) electrons. The molecule has 1 amide bonds. The van der Waals surface area contributed by atoms with Crippen molar-refractivity contribution >= 4 is 5.91 Å². The number of methoxy groups -OCH3 is 1. The number of carbonyl (C=O) groups excluding carboxylic acids is 1. The van der Waals surface area contributed by atoms with Crippen LogP contribution in [0, 0.1) is 5.92 Å². The molecule has 138 valence electrons. The van der Waals surface area contributed by atoms with Gasteiger partial charge in [0.2, 0.25) is 5.88 Å². The molecule has 6 heteroatoms. The van der Waals surface area contributed by atoms with Crippen LogP contribution in [-0.4, -0.2) is 31.2 Å². The molecular formula is C20H24N2O4. The average molecular weight is 356 g/mol. The number of amides is 1. The Morgan fingerprint density at radius 2 is 2.04 bits per heavy atom. The van der Waals surface area contributed by atoms with Gasteiger partial charge in [-0.1, -0.05) is 6.07 Å². The van der Waals surface area contributed by atoms with Crippen LogP contribution in [0.2, 0.25) is 0 Å². The van der Waals surface area contributed by atoms with Gasteiger partial charge in [0.25, 0.3) is 5.91 Å². The smallest absolute Gasteiger partial charge is 0.251 e. The number of carbonyl (C=O) groups is 1. The highest BCUT2D eigenvalue weighted by atomic mass is 16.5. The van der Waals surface area contributed by atoms with E-state index < -0.39 is 0 Å². The summed E-state index contributed by atoms with van der Waals surface area (Å²) < 4.78 is 16.4. The fraction of sp³-hybridized carbons (Fsp3) is 0.400. The van der Waals surface area contributed by atoms with Crippen molar-refractivity contribution in [1.29, 1.82) is 0 Å². The number of nitrogens with one attached hydrogen (secondary N) is 1. The lowest BCUT2D eigenvalue weighted by Gasteiger charge is -2.11. The standard InChI is InChI=1S/C20H24N2O4/c1-3-25-17-8-7-16(10-18(17)24-2)20(23)22-12-15-6-9-19(21-11-15)26-13-14-4-5-14/h6-11,14H,3-5,12-13H2,1-2H3,(H,22,23). The summed E-state index contributed by atoms with van der Waals surface area (Å²) in [6.45, 7) is 3.57. The number of nitrogens with zero attached hydrogens (tertiary/aromatic N) is 1. The molecule has 1 aliphatic rings. The largest absolute Gasteiger partial charge is 0.493 e. The van der Waals surface area contributed by atoms with E-state index in [0.717, 1.165) is 12.2 Å². The molecule has 0 bridgehead atoms. The van der Waals surface area contributed by atoms with Crippen LogP contribution in [0.25, 0.3) is 0 Å². The third-order valence-corrected chi connectivity index (χ3v) is 4.14. The minimum absolute atomic E-state index is 0.180. The van der Waals surface area contributed by atoms with Gasteiger partial charge in [-0.3, -0.25) is 4.79 Å². The van der Waals surface area contributed by atoms with Crippen LogP contribution in [0.4, 0.5) is 0 Å². The highest BCUT2D eigenvalue weighted by Gasteiger charge is 2.22. The first-order valence-corrected chi connectivity index (χ1v) is 8.86. The van der Waals surface area contributed by atoms with Crippen LogP contribution in [0.1, 0.15) is 35.7 Å². The van der Waals surface area contributed by atoms with E-state index in [-0.39, 0.29) is 5.91 Å². The Bertz CT molecular complexity index is 742. The number of benzene rings is 1. The Hall–Kier alpha value is -2.76. The molecule has 2 aromatic rings. The number of hydrogen-bond acceptors (Lipinski definition) is 5. The van der Waals surface area contributed by atoms with Crippen LogP contribution in [0.3, 0.4) is 0 Å². The van der Waals surface area contributed by atoms with Crippen LogP contribution >= 0.6 is 0 Å². The maximum absolute atomic E-state index is 12.4. The van der Waals surface area contributed by atoms with Crippen molar-refractivity contribution < 1.29 is 19.0 Å². The van der Waals surface area contributed by atoms with Gasteiger partial charge in [-0.05, 0) is 49.4 Å². The average Bonchev–Trinajstić information content (AvgIpc) is 3.50. The number of ether oxygens (including phenoxy) is 3. The SMILES string of the molecule is CCOc1ccc(C(=O)NCc2ccc(OCC3CC3)nc2)cc1OC. The normalized spacial score (nSPS) is 13.2. The molecule has 0 aliphatic heterocycles. The molecule has 26 heavy (non-hydrogen) atoms. The molecule has 1 aromatic heterocycles. The monoisotopic (exact) mass is 356 g/mol. The molecule has 0 atom stereocenters. The van der Waals surface area contributed by atoms with Gasteiger partial charge in [0.05, 0.1) is 20.3 Å². The first kappa shape index (κ1) is 18.0. The third-order valence-electron chi connectivity index (χ3n) is 4.14. The van der Waals surface area contributed by atoms with E-state index in [1.54, 1.807) is 31.5 Å². The van der Waals surface area contributed by atoms with Crippen molar-refractivity contribution in [1.82, 2.24) is 10.3 Å². The first-order chi connectivity index (χ1) is 12.7. The quantitative estimate of drug-likeness (QED) is 0.747. The topological polar surface area (TPSA) is 69.7 Å². The summed E-state index contributed by atoms with van der Waals surface area (Å²) in [5, 5.41) is 2.88. The zero-order chi connectivity index (χ0) is 18.4. The summed E-state index contributed by atoms with van der Waals surface area (Å²) in [5.41, 5.74) is 1.43. The van der Waals surface area contributed by atoms with Crippen molar-refractivity contribution in [3.05, 3.63) is 47.7 Å². The van der Waals surface area contributed by atoms with Gasteiger partial charge >= 0.3 is 0 Å². The van der Waals surface area contributed by atoms with E-state index in [4.69, 9.17) is 14.2 Å². The second-order valence-electron chi connectivity index (χ2n) is 6.24. The second-order valence-corrected chi connectivity index (χ2v) is 6.24. The maximum atomic E-state index is 12.4. The van der Waals surface area contributed by atoms with E-state index >= 15 is 0 Å². The van der Waals surface area contributed by atoms with Gasteiger partial charge in [-0.15, -0.1) is 0 Å². The van der Waals surface area contributed by atoms with E-state index in [2.05, 4.69) is 10.3 Å². The first-order valence-electron chi connectivity index (χ1n) is 8.86. The lowest BCUT2D eigenvalue weighted by Crippen LogP contribution is -2.22. The summed E-state index contributed by atoms with van der Waals surface area (Å²) in [6.07, 6.45) is 4.22. The van der Waals surface area contributed by atoms with Crippen LogP contribution < -0.4 is 19.5 Å². The number of aromatic nitrogens is 1. The lowest BCUT2D eigenvalue weighted by atomic mass is 10.2. The molecule has 0 spiro atoms. The van der Waals surface area contributed by atoms with Gasteiger partial charge in [0, 0.05) is 24.4 Å². The highest BCUT2D eigenvalue weighted by molar-refractivity contribution is 5.94. The van der Waals surface area contributed by atoms with Crippen molar-refractivity contribution in [2.24, 2.45) is 5.92 Å². The Morgan fingerprint density at radius 3 is 2.69 bits per heavy atom. The Balaban J connectivity index is 1.54. The van der Waals surface area contributed by atoms with Gasteiger partial charge < -0.3 is 19.5 Å².